The standard InChI is InChI=1S/C30H35ClF2N4O5/c1-36(2)15-21-9-10-22(16-41-23-11-3-17(4-12-23)29(39)40)37(21)25(38)14-18-13-24(32)27-28(26(18)33)42-30(35-27)34-20-7-5-19(31)6-8-20/h5-8,13,17,21-23H,3-4,9-12,14-16H2,1-2H3,(H,34,35)(H,39,40)/t17?,21-,22-,23?/m0/s1. The van der Waals surface area contributed by atoms with Gasteiger partial charge < -0.3 is 29.4 Å². The largest absolute Gasteiger partial charge is 0.481 e. The van der Waals surface area contributed by atoms with Gasteiger partial charge in [0, 0.05) is 28.9 Å². The van der Waals surface area contributed by atoms with Crippen molar-refractivity contribution in [2.75, 3.05) is 32.6 Å². The molecule has 1 saturated carbocycles. The van der Waals surface area contributed by atoms with Gasteiger partial charge in [0.1, 0.15) is 0 Å². The van der Waals surface area contributed by atoms with Crippen LogP contribution in [0.1, 0.15) is 44.1 Å². The molecule has 2 N–H and O–H groups in total. The van der Waals surface area contributed by atoms with Crippen molar-refractivity contribution in [1.29, 1.82) is 0 Å². The van der Waals surface area contributed by atoms with E-state index in [1.165, 1.54) is 0 Å². The predicted octanol–water partition coefficient (Wildman–Crippen LogP) is 5.63. The number of carbonyl (C=O) groups is 2. The van der Waals surface area contributed by atoms with Crippen LogP contribution in [0.2, 0.25) is 5.02 Å². The first-order chi connectivity index (χ1) is 20.1. The SMILES string of the molecule is CN(C)C[C@@H]1CC[C@@H](COC2CCC(C(=O)O)CC2)N1C(=O)Cc1cc(F)c2nc(Nc3ccc(Cl)cc3)oc2c1F. The molecule has 0 bridgehead atoms. The summed E-state index contributed by atoms with van der Waals surface area (Å²) in [5.74, 6) is -3.04. The maximum absolute atomic E-state index is 15.6. The zero-order chi connectivity index (χ0) is 30.0. The zero-order valence-corrected chi connectivity index (χ0v) is 24.4. The molecule has 2 atom stereocenters. The van der Waals surface area contributed by atoms with Gasteiger partial charge in [0.2, 0.25) is 5.91 Å². The maximum atomic E-state index is 15.6. The number of aliphatic carboxylic acids is 1. The molecule has 0 unspecified atom stereocenters. The number of hydrogen-bond donors (Lipinski definition) is 2. The molecule has 226 valence electrons. The monoisotopic (exact) mass is 604 g/mol. The summed E-state index contributed by atoms with van der Waals surface area (Å²) >= 11 is 5.91. The Kier molecular flexibility index (Phi) is 9.29. The van der Waals surface area contributed by atoms with Crippen molar-refractivity contribution in [3.05, 3.63) is 52.6 Å². The molecule has 1 aromatic heterocycles. The van der Waals surface area contributed by atoms with Crippen LogP contribution in [0, 0.1) is 17.6 Å². The van der Waals surface area contributed by atoms with Crippen LogP contribution in [0.25, 0.3) is 11.1 Å². The zero-order valence-electron chi connectivity index (χ0n) is 23.6. The third kappa shape index (κ3) is 6.85. The minimum absolute atomic E-state index is 0.0541. The highest BCUT2D eigenvalue weighted by Crippen LogP contribution is 2.32. The van der Waals surface area contributed by atoms with E-state index in [1.807, 2.05) is 19.0 Å². The number of likely N-dealkylation sites (tertiary alicyclic amines) is 1. The Morgan fingerprint density at radius 1 is 1.12 bits per heavy atom. The fourth-order valence-electron chi connectivity index (χ4n) is 6.01. The molecule has 2 aliphatic rings. The number of carboxylic acid groups (broad SMARTS) is 1. The molecule has 0 spiro atoms. The van der Waals surface area contributed by atoms with Crippen LogP contribution < -0.4 is 5.32 Å². The molecule has 42 heavy (non-hydrogen) atoms. The van der Waals surface area contributed by atoms with E-state index < -0.39 is 17.6 Å². The van der Waals surface area contributed by atoms with E-state index >= 15 is 8.78 Å². The Balaban J connectivity index is 1.30. The first kappa shape index (κ1) is 30.2. The summed E-state index contributed by atoms with van der Waals surface area (Å²) in [6, 6.07) is 7.27. The van der Waals surface area contributed by atoms with Gasteiger partial charge in [-0.1, -0.05) is 11.6 Å². The lowest BCUT2D eigenvalue weighted by atomic mass is 9.87. The van der Waals surface area contributed by atoms with E-state index in [4.69, 9.17) is 20.8 Å². The van der Waals surface area contributed by atoms with Crippen LogP contribution in [0.3, 0.4) is 0 Å². The number of likely N-dealkylation sites (N-methyl/N-ethyl adjacent to an activating group) is 1. The van der Waals surface area contributed by atoms with Gasteiger partial charge in [0.05, 0.1) is 31.1 Å². The van der Waals surface area contributed by atoms with Crippen molar-refractivity contribution in [2.24, 2.45) is 5.92 Å². The third-order valence-electron chi connectivity index (χ3n) is 8.10. The molecule has 1 aliphatic heterocycles. The number of carbonyl (C=O) groups excluding carboxylic acids is 1. The third-order valence-corrected chi connectivity index (χ3v) is 8.36. The number of halogens is 3. The highest BCUT2D eigenvalue weighted by atomic mass is 35.5. The summed E-state index contributed by atoms with van der Waals surface area (Å²) in [5, 5.41) is 12.7. The summed E-state index contributed by atoms with van der Waals surface area (Å²) in [5.41, 5.74) is -0.166. The number of fused-ring (bicyclic) bond motifs is 1. The Labute approximate surface area is 247 Å². The van der Waals surface area contributed by atoms with E-state index in [-0.39, 0.29) is 59.1 Å². The predicted molar refractivity (Wildman–Crippen MR) is 154 cm³/mol. The number of anilines is 2. The van der Waals surface area contributed by atoms with Gasteiger partial charge >= 0.3 is 5.97 Å². The van der Waals surface area contributed by atoms with Gasteiger partial charge in [-0.05, 0) is 83.0 Å². The number of rotatable bonds is 10. The van der Waals surface area contributed by atoms with Crippen LogP contribution in [0.15, 0.2) is 34.7 Å². The lowest BCUT2D eigenvalue weighted by molar-refractivity contribution is -0.144. The number of aromatic nitrogens is 1. The molecule has 12 heteroatoms. The maximum Gasteiger partial charge on any atom is 0.306 e. The van der Waals surface area contributed by atoms with E-state index in [9.17, 15) is 14.7 Å². The summed E-state index contributed by atoms with van der Waals surface area (Å²) in [6.07, 6.45) is 3.56. The number of oxazole rings is 1. The van der Waals surface area contributed by atoms with Crippen LogP contribution in [-0.2, 0) is 20.7 Å². The molecule has 2 aromatic carbocycles. The van der Waals surface area contributed by atoms with Gasteiger partial charge in [-0.3, -0.25) is 9.59 Å². The second-order valence-electron chi connectivity index (χ2n) is 11.4. The fraction of sp³-hybridized carbons (Fsp3) is 0.500. The second kappa shape index (κ2) is 12.9. The molecule has 9 nitrogen and oxygen atoms in total. The summed E-state index contributed by atoms with van der Waals surface area (Å²) in [7, 11) is 3.85. The van der Waals surface area contributed by atoms with E-state index in [1.54, 1.807) is 29.2 Å². The highest BCUT2D eigenvalue weighted by molar-refractivity contribution is 6.30. The second-order valence-corrected chi connectivity index (χ2v) is 11.9. The van der Waals surface area contributed by atoms with Crippen LogP contribution in [0.5, 0.6) is 0 Å². The number of benzene rings is 2. The topological polar surface area (TPSA) is 108 Å². The van der Waals surface area contributed by atoms with Crippen LogP contribution in [0.4, 0.5) is 20.5 Å². The number of ether oxygens (including phenoxy) is 1. The van der Waals surface area contributed by atoms with E-state index in [0.29, 0.717) is 49.5 Å². The quantitative estimate of drug-likeness (QED) is 0.307. The van der Waals surface area contributed by atoms with Crippen LogP contribution >= 0.6 is 11.6 Å². The van der Waals surface area contributed by atoms with E-state index in [0.717, 1.165) is 18.9 Å². The van der Waals surface area contributed by atoms with Gasteiger partial charge in [0.15, 0.2) is 22.7 Å². The Hall–Kier alpha value is -3.28. The Bertz CT molecular complexity index is 1430. The molecule has 1 aliphatic carbocycles. The minimum Gasteiger partial charge on any atom is -0.481 e. The number of hydrogen-bond acceptors (Lipinski definition) is 7. The van der Waals surface area contributed by atoms with E-state index in [2.05, 4.69) is 10.3 Å². The lowest BCUT2D eigenvalue weighted by Gasteiger charge is -2.33. The molecule has 1 saturated heterocycles. The normalized spacial score (nSPS) is 22.7. The van der Waals surface area contributed by atoms with Gasteiger partial charge in [-0.2, -0.15) is 4.98 Å². The van der Waals surface area contributed by atoms with Gasteiger partial charge in [0.25, 0.3) is 6.01 Å². The molecular weight excluding hydrogens is 570 g/mol. The number of amides is 1. The molecule has 5 rings (SSSR count). The lowest BCUT2D eigenvalue weighted by Crippen LogP contribution is -2.48. The average molecular weight is 605 g/mol. The number of carboxylic acids is 1. The smallest absolute Gasteiger partial charge is 0.306 e. The van der Waals surface area contributed by atoms with Crippen molar-refractivity contribution < 1.29 is 32.6 Å². The average Bonchev–Trinajstić information content (AvgIpc) is 3.56. The molecular formula is C30H35ClF2N4O5. The van der Waals surface area contributed by atoms with Crippen molar-refractivity contribution in [1.82, 2.24) is 14.8 Å². The summed E-state index contributed by atoms with van der Waals surface area (Å²) in [6.45, 7) is 0.944. The number of nitrogens with zero attached hydrogens (tertiary/aromatic N) is 3. The Morgan fingerprint density at radius 3 is 2.48 bits per heavy atom. The van der Waals surface area contributed by atoms with Crippen molar-refractivity contribution in [3.8, 4) is 0 Å². The molecule has 1 amide bonds. The first-order valence-electron chi connectivity index (χ1n) is 14.2. The Morgan fingerprint density at radius 2 is 1.81 bits per heavy atom. The van der Waals surface area contributed by atoms with Gasteiger partial charge in [-0.15, -0.1) is 0 Å². The molecule has 0 radical (unpaired) electrons. The molecule has 3 aromatic rings. The van der Waals surface area contributed by atoms with Crippen LogP contribution in [-0.4, -0.2) is 77.2 Å². The molecule has 2 heterocycles. The summed E-state index contributed by atoms with van der Waals surface area (Å²) in [4.78, 5) is 32.8. The molecule has 2 fully saturated rings. The fourth-order valence-corrected chi connectivity index (χ4v) is 6.14. The van der Waals surface area contributed by atoms with Crippen molar-refractivity contribution >= 4 is 46.3 Å². The number of nitrogens with one attached hydrogen (secondary N) is 1. The van der Waals surface area contributed by atoms with Crippen molar-refractivity contribution in [2.45, 2.75) is 63.1 Å². The summed E-state index contributed by atoms with van der Waals surface area (Å²) < 4.78 is 42.4. The highest BCUT2D eigenvalue weighted by Gasteiger charge is 2.38. The minimum atomic E-state index is -0.831. The first-order valence-corrected chi connectivity index (χ1v) is 14.6. The van der Waals surface area contributed by atoms with Gasteiger partial charge in [-0.25, -0.2) is 8.78 Å². The van der Waals surface area contributed by atoms with Crippen molar-refractivity contribution in [3.63, 3.8) is 0 Å².